The van der Waals surface area contributed by atoms with Gasteiger partial charge in [-0.1, -0.05) is 0 Å². The van der Waals surface area contributed by atoms with Crippen molar-refractivity contribution in [3.05, 3.63) is 28.3 Å². The number of nitrogen functional groups attached to an aromatic ring is 1. The summed E-state index contributed by atoms with van der Waals surface area (Å²) in [6.07, 6.45) is 1.44. The van der Waals surface area contributed by atoms with E-state index in [2.05, 4.69) is 0 Å². The molecule has 1 fully saturated rings. The first-order valence-corrected chi connectivity index (χ1v) is 7.95. The number of sulfonamides is 1. The summed E-state index contributed by atoms with van der Waals surface area (Å²) in [5.41, 5.74) is 5.26. The van der Waals surface area contributed by atoms with Gasteiger partial charge in [-0.05, 0) is 24.8 Å². The summed E-state index contributed by atoms with van der Waals surface area (Å²) >= 11 is 0. The number of nitrogens with zero attached hydrogens (tertiary/aromatic N) is 2. The summed E-state index contributed by atoms with van der Waals surface area (Å²) in [6.45, 7) is 0.520. The third kappa shape index (κ3) is 3.14. The van der Waals surface area contributed by atoms with Gasteiger partial charge in [0, 0.05) is 31.8 Å². The second-order valence-electron chi connectivity index (χ2n) is 5.03. The fraction of sp³-hybridized carbons (Fsp3) is 0.500. The van der Waals surface area contributed by atoms with Crippen LogP contribution in [0.1, 0.15) is 12.8 Å². The van der Waals surface area contributed by atoms with Crippen LogP contribution in [0.15, 0.2) is 23.1 Å². The lowest BCUT2D eigenvalue weighted by Crippen LogP contribution is -2.41. The predicted octanol–water partition coefficient (Wildman–Crippen LogP) is 0.570. The van der Waals surface area contributed by atoms with Crippen LogP contribution in [0.4, 0.5) is 11.4 Å². The van der Waals surface area contributed by atoms with Crippen molar-refractivity contribution in [2.75, 3.05) is 25.4 Å². The zero-order valence-corrected chi connectivity index (χ0v) is 12.1. The fourth-order valence-corrected chi connectivity index (χ4v) is 4.07. The van der Waals surface area contributed by atoms with Crippen LogP contribution >= 0.6 is 0 Å². The van der Waals surface area contributed by atoms with Gasteiger partial charge in [0.1, 0.15) is 4.90 Å². The number of benzene rings is 1. The smallest absolute Gasteiger partial charge is 0.271 e. The highest BCUT2D eigenvalue weighted by Crippen LogP contribution is 2.29. The lowest BCUT2D eigenvalue weighted by Gasteiger charge is -2.31. The van der Waals surface area contributed by atoms with Gasteiger partial charge in [0.05, 0.1) is 10.6 Å². The lowest BCUT2D eigenvalue weighted by molar-refractivity contribution is -0.384. The minimum atomic E-state index is -3.80. The van der Waals surface area contributed by atoms with E-state index < -0.39 is 14.9 Å². The van der Waals surface area contributed by atoms with Crippen LogP contribution in [0.3, 0.4) is 0 Å². The van der Waals surface area contributed by atoms with Gasteiger partial charge in [-0.15, -0.1) is 0 Å². The van der Waals surface area contributed by atoms with Crippen molar-refractivity contribution in [3.63, 3.8) is 0 Å². The van der Waals surface area contributed by atoms with Gasteiger partial charge in [-0.2, -0.15) is 4.31 Å². The number of hydrogen-bond acceptors (Lipinski definition) is 6. The highest BCUT2D eigenvalue weighted by atomic mass is 32.2. The molecule has 0 amide bonds. The Kier molecular flexibility index (Phi) is 4.45. The van der Waals surface area contributed by atoms with Gasteiger partial charge in [0.2, 0.25) is 10.0 Å². The molecule has 0 radical (unpaired) electrons. The van der Waals surface area contributed by atoms with Gasteiger partial charge >= 0.3 is 0 Å². The van der Waals surface area contributed by atoms with Crippen molar-refractivity contribution in [1.29, 1.82) is 0 Å². The maximum atomic E-state index is 12.5. The number of hydrogen-bond donors (Lipinski definition) is 2. The number of nitro groups is 1. The summed E-state index contributed by atoms with van der Waals surface area (Å²) in [6, 6.07) is 3.32. The molecule has 1 heterocycles. The van der Waals surface area contributed by atoms with Gasteiger partial charge < -0.3 is 10.8 Å². The Bertz CT molecular complexity index is 646. The molecule has 1 aromatic rings. The molecule has 0 saturated carbocycles. The SMILES string of the molecule is Nc1cc([N+](=O)[O-])ccc1S(=O)(=O)N1CCCC(CO)C1. The summed E-state index contributed by atoms with van der Waals surface area (Å²) in [4.78, 5) is 9.90. The van der Waals surface area contributed by atoms with Crippen LogP contribution in [0.2, 0.25) is 0 Å². The van der Waals surface area contributed by atoms with Gasteiger partial charge in [0.15, 0.2) is 0 Å². The molecule has 21 heavy (non-hydrogen) atoms. The molecular formula is C12H17N3O5S. The van der Waals surface area contributed by atoms with Crippen molar-refractivity contribution in [3.8, 4) is 0 Å². The molecule has 3 N–H and O–H groups in total. The molecule has 1 unspecified atom stereocenters. The maximum absolute atomic E-state index is 12.5. The van der Waals surface area contributed by atoms with Crippen LogP contribution in [0.25, 0.3) is 0 Å². The van der Waals surface area contributed by atoms with Gasteiger partial charge in [0.25, 0.3) is 5.69 Å². The normalized spacial score (nSPS) is 20.3. The lowest BCUT2D eigenvalue weighted by atomic mass is 10.0. The molecule has 1 aromatic carbocycles. The van der Waals surface area contributed by atoms with E-state index in [0.717, 1.165) is 24.6 Å². The summed E-state index contributed by atoms with van der Waals surface area (Å²) < 4.78 is 26.4. The maximum Gasteiger partial charge on any atom is 0.271 e. The molecule has 116 valence electrons. The number of aliphatic hydroxyl groups is 1. The highest BCUT2D eigenvalue weighted by molar-refractivity contribution is 7.89. The average molecular weight is 315 g/mol. The first kappa shape index (κ1) is 15.7. The van der Waals surface area contributed by atoms with Crippen molar-refractivity contribution in [1.82, 2.24) is 4.31 Å². The van der Waals surface area contributed by atoms with Crippen molar-refractivity contribution in [2.45, 2.75) is 17.7 Å². The van der Waals surface area contributed by atoms with E-state index in [1.807, 2.05) is 0 Å². The van der Waals surface area contributed by atoms with Crippen LogP contribution in [-0.4, -0.2) is 42.4 Å². The molecule has 1 aliphatic heterocycles. The third-order valence-corrected chi connectivity index (χ3v) is 5.50. The third-order valence-electron chi connectivity index (χ3n) is 3.56. The molecule has 0 bridgehead atoms. The molecule has 0 aliphatic carbocycles. The molecule has 2 rings (SSSR count). The van der Waals surface area contributed by atoms with Crippen molar-refractivity contribution in [2.24, 2.45) is 5.92 Å². The molecule has 0 spiro atoms. The molecule has 1 saturated heterocycles. The van der Waals surface area contributed by atoms with Crippen LogP contribution in [0.5, 0.6) is 0 Å². The molecule has 9 heteroatoms. The molecular weight excluding hydrogens is 298 g/mol. The molecule has 1 atom stereocenters. The minimum Gasteiger partial charge on any atom is -0.397 e. The highest BCUT2D eigenvalue weighted by Gasteiger charge is 2.31. The Balaban J connectivity index is 2.33. The van der Waals surface area contributed by atoms with Gasteiger partial charge in [-0.3, -0.25) is 10.1 Å². The average Bonchev–Trinajstić information content (AvgIpc) is 2.46. The second kappa shape index (κ2) is 5.96. The number of anilines is 1. The number of piperidine rings is 1. The van der Waals surface area contributed by atoms with E-state index in [-0.39, 0.29) is 35.3 Å². The van der Waals surface area contributed by atoms with Crippen LogP contribution in [0, 0.1) is 16.0 Å². The van der Waals surface area contributed by atoms with E-state index in [1.165, 1.54) is 4.31 Å². The van der Waals surface area contributed by atoms with Gasteiger partial charge in [-0.25, -0.2) is 8.42 Å². The number of rotatable bonds is 4. The summed E-state index contributed by atoms with van der Waals surface area (Å²) in [7, 11) is -3.80. The zero-order valence-electron chi connectivity index (χ0n) is 11.3. The largest absolute Gasteiger partial charge is 0.397 e. The Morgan fingerprint density at radius 3 is 2.76 bits per heavy atom. The second-order valence-corrected chi connectivity index (χ2v) is 6.94. The minimum absolute atomic E-state index is 0.0677. The molecule has 0 aromatic heterocycles. The van der Waals surface area contributed by atoms with E-state index >= 15 is 0 Å². The number of aliphatic hydroxyl groups excluding tert-OH is 1. The van der Waals surface area contributed by atoms with E-state index in [1.54, 1.807) is 0 Å². The zero-order chi connectivity index (χ0) is 15.6. The Morgan fingerprint density at radius 2 is 2.19 bits per heavy atom. The monoisotopic (exact) mass is 315 g/mol. The number of nitro benzene ring substituents is 1. The summed E-state index contributed by atoms with van der Waals surface area (Å²) in [5, 5.41) is 19.8. The van der Waals surface area contributed by atoms with Crippen LogP contribution < -0.4 is 5.73 Å². The molecule has 1 aliphatic rings. The van der Waals surface area contributed by atoms with Crippen molar-refractivity contribution < 1.29 is 18.4 Å². The van der Waals surface area contributed by atoms with E-state index in [0.29, 0.717) is 13.0 Å². The topological polar surface area (TPSA) is 127 Å². The van der Waals surface area contributed by atoms with Crippen LogP contribution in [-0.2, 0) is 10.0 Å². The van der Waals surface area contributed by atoms with Crippen molar-refractivity contribution >= 4 is 21.4 Å². The summed E-state index contributed by atoms with van der Waals surface area (Å²) in [5.74, 6) is -0.0900. The Morgan fingerprint density at radius 1 is 1.48 bits per heavy atom. The quantitative estimate of drug-likeness (QED) is 0.475. The fourth-order valence-electron chi connectivity index (χ4n) is 2.42. The molecule has 8 nitrogen and oxygen atoms in total. The number of nitrogens with two attached hydrogens (primary N) is 1. The first-order valence-electron chi connectivity index (χ1n) is 6.51. The van der Waals surface area contributed by atoms with E-state index in [4.69, 9.17) is 5.73 Å². The predicted molar refractivity (Wildman–Crippen MR) is 76.1 cm³/mol. The Labute approximate surface area is 122 Å². The first-order chi connectivity index (χ1) is 9.86. The standard InChI is InChI=1S/C12H17N3O5S/c13-11-6-10(15(17)18)3-4-12(11)21(19,20)14-5-1-2-9(7-14)8-16/h3-4,6,9,16H,1-2,5,7-8,13H2. The number of non-ortho nitro benzene ring substituents is 1. The Hall–Kier alpha value is -1.71. The van der Waals surface area contributed by atoms with E-state index in [9.17, 15) is 23.6 Å².